The first kappa shape index (κ1) is 67.1. The quantitative estimate of drug-likeness (QED) is 0.0510. The van der Waals surface area contributed by atoms with Crippen molar-refractivity contribution in [2.24, 2.45) is 50.2 Å². The Kier molecular flexibility index (Phi) is 18.9. The zero-order valence-corrected chi connectivity index (χ0v) is 50.3. The van der Waals surface area contributed by atoms with Gasteiger partial charge < -0.3 is 129 Å². The Morgan fingerprint density at radius 3 is 1.81 bits per heavy atom. The van der Waals surface area contributed by atoms with Crippen molar-refractivity contribution in [3.63, 3.8) is 0 Å². The predicted octanol–water partition coefficient (Wildman–Crippen LogP) is -3.58. The van der Waals surface area contributed by atoms with Crippen molar-refractivity contribution in [2.75, 3.05) is 19.8 Å². The maximum absolute atomic E-state index is 15.5. The van der Waals surface area contributed by atoms with E-state index in [1.165, 1.54) is 20.8 Å². The average Bonchev–Trinajstić information content (AvgIpc) is 0.677. The first-order valence-electron chi connectivity index (χ1n) is 30.7. The van der Waals surface area contributed by atoms with E-state index in [1.54, 1.807) is 0 Å². The van der Waals surface area contributed by atoms with Crippen LogP contribution in [0.2, 0.25) is 0 Å². The van der Waals surface area contributed by atoms with Gasteiger partial charge in [0.25, 0.3) is 0 Å². The minimum absolute atomic E-state index is 0.124. The van der Waals surface area contributed by atoms with Crippen LogP contribution in [0.1, 0.15) is 114 Å². The highest BCUT2D eigenvalue weighted by Gasteiger charge is 2.73. The number of allylic oxidation sites excluding steroid dienone is 2. The van der Waals surface area contributed by atoms with Gasteiger partial charge in [-0.15, -0.1) is 0 Å². The van der Waals surface area contributed by atoms with E-state index in [-0.39, 0.29) is 36.5 Å². The number of esters is 1. The molecule has 27 nitrogen and oxygen atoms in total. The summed E-state index contributed by atoms with van der Waals surface area (Å²) in [7, 11) is 0. The fraction of sp³-hybridized carbons (Fsp3) is 0.949. The molecular weight excluding hydrogens is 1140 g/mol. The lowest BCUT2D eigenvalue weighted by Gasteiger charge is -2.72. The van der Waals surface area contributed by atoms with Crippen LogP contribution in [0.25, 0.3) is 0 Å². The number of aliphatic hydroxyl groups excluding tert-OH is 16. The molecule has 5 saturated heterocycles. The van der Waals surface area contributed by atoms with Crippen molar-refractivity contribution in [3.8, 4) is 0 Å². The van der Waals surface area contributed by atoms with Gasteiger partial charge in [0.2, 0.25) is 6.29 Å². The Balaban J connectivity index is 0.873. The van der Waals surface area contributed by atoms with Crippen LogP contribution >= 0.6 is 0 Å². The molecule has 10 rings (SSSR count). The molecule has 5 aliphatic carbocycles. The van der Waals surface area contributed by atoms with Crippen molar-refractivity contribution in [1.29, 1.82) is 0 Å². The average molecular weight is 1240 g/mol. The molecule has 0 spiro atoms. The first-order valence-corrected chi connectivity index (χ1v) is 30.7. The number of ether oxygens (including phenoxy) is 10. The Morgan fingerprint density at radius 1 is 0.547 bits per heavy atom. The normalized spacial score (nSPS) is 56.5. The molecule has 0 radical (unpaired) electrons. The van der Waals surface area contributed by atoms with Crippen LogP contribution in [0, 0.1) is 50.2 Å². The Morgan fingerprint density at radius 2 is 1.14 bits per heavy atom. The standard InChI is InChI=1S/C59H96O27/c1-22-33(65)38(70)46(84-49-42(74)39(71)44(24(3)80-49)82-48-40(72)35(67)28(63)20-77-48)52(79-22)83-45-34(66)23(2)78-51(43(45)75)86-53(76)59-15-14-54(4,5)16-26(59)25-10-11-31-55(6)17-27(62)47(85-50-41(73)37(69)36(68)29(19-60)81-50)56(7,21-61)30(55)12-13-57(31,8)58(25,9)18-32(59)64/h10,22-24,26-52,60-75H,11-21H2,1-9H3. The molecule has 35 atom stereocenters. The summed E-state index contributed by atoms with van der Waals surface area (Å²) >= 11 is 0. The molecule has 0 bridgehead atoms. The summed E-state index contributed by atoms with van der Waals surface area (Å²) in [5, 5.41) is 178. The zero-order valence-electron chi connectivity index (χ0n) is 50.3. The van der Waals surface area contributed by atoms with Crippen LogP contribution < -0.4 is 0 Å². The molecule has 86 heavy (non-hydrogen) atoms. The van der Waals surface area contributed by atoms with E-state index in [9.17, 15) is 81.7 Å². The van der Waals surface area contributed by atoms with Gasteiger partial charge in [0.15, 0.2) is 25.2 Å². The molecule has 16 N–H and O–H groups in total. The van der Waals surface area contributed by atoms with Crippen molar-refractivity contribution < 1.29 is 134 Å². The van der Waals surface area contributed by atoms with Crippen molar-refractivity contribution in [2.45, 2.75) is 279 Å². The van der Waals surface area contributed by atoms with Gasteiger partial charge in [0.1, 0.15) is 103 Å². The second kappa shape index (κ2) is 24.3. The molecule has 0 aromatic heterocycles. The lowest BCUT2D eigenvalue weighted by Crippen LogP contribution is -2.70. The van der Waals surface area contributed by atoms with E-state index in [1.807, 2.05) is 6.92 Å². The molecule has 0 aromatic carbocycles. The topological polar surface area (TPSA) is 433 Å². The number of hydrogen-bond donors (Lipinski definition) is 16. The minimum atomic E-state index is -1.97. The zero-order chi connectivity index (χ0) is 63.0. The number of fused-ring (bicyclic) bond motifs is 7. The summed E-state index contributed by atoms with van der Waals surface area (Å²) in [6.07, 6.45) is -37.1. The molecule has 9 fully saturated rings. The first-order chi connectivity index (χ1) is 40.2. The number of hydrogen-bond acceptors (Lipinski definition) is 27. The summed E-state index contributed by atoms with van der Waals surface area (Å²) in [4.78, 5) is 15.5. The lowest BCUT2D eigenvalue weighted by atomic mass is 9.33. The third-order valence-corrected chi connectivity index (χ3v) is 23.1. The second-order valence-corrected chi connectivity index (χ2v) is 28.7. The van der Waals surface area contributed by atoms with Crippen molar-refractivity contribution >= 4 is 5.97 Å². The monoisotopic (exact) mass is 1240 g/mol. The van der Waals surface area contributed by atoms with E-state index in [0.717, 1.165) is 5.57 Å². The van der Waals surface area contributed by atoms with Crippen LogP contribution in [0.5, 0.6) is 0 Å². The Labute approximate surface area is 499 Å². The second-order valence-electron chi connectivity index (χ2n) is 28.7. The predicted molar refractivity (Wildman–Crippen MR) is 289 cm³/mol. The van der Waals surface area contributed by atoms with Crippen molar-refractivity contribution in [1.82, 2.24) is 0 Å². The largest absolute Gasteiger partial charge is 0.432 e. The van der Waals surface area contributed by atoms with Crippen LogP contribution in [0.4, 0.5) is 0 Å². The molecular formula is C59H96O27. The van der Waals surface area contributed by atoms with Gasteiger partial charge in [0, 0.05) is 5.41 Å². The minimum Gasteiger partial charge on any atom is -0.432 e. The molecule has 4 saturated carbocycles. The molecule has 494 valence electrons. The van der Waals surface area contributed by atoms with Gasteiger partial charge in [-0.1, -0.05) is 53.2 Å². The van der Waals surface area contributed by atoms with E-state index in [4.69, 9.17) is 47.4 Å². The molecule has 27 heteroatoms. The van der Waals surface area contributed by atoms with Crippen molar-refractivity contribution in [3.05, 3.63) is 11.6 Å². The maximum atomic E-state index is 15.5. The van der Waals surface area contributed by atoms with Crippen LogP contribution in [-0.2, 0) is 52.2 Å². The van der Waals surface area contributed by atoms with Gasteiger partial charge in [-0.05, 0) is 112 Å². The highest BCUT2D eigenvalue weighted by molar-refractivity contribution is 5.80. The van der Waals surface area contributed by atoms with Crippen LogP contribution in [-0.4, -0.2) is 273 Å². The number of rotatable bonds is 12. The molecule has 5 aliphatic heterocycles. The number of carbonyl (C=O) groups excluding carboxylic acids is 1. The molecule has 5 heterocycles. The number of aliphatic hydroxyl groups is 16. The summed E-state index contributed by atoms with van der Waals surface area (Å²) in [5.74, 6) is -1.85. The van der Waals surface area contributed by atoms with Gasteiger partial charge >= 0.3 is 5.97 Å². The molecule has 0 aromatic rings. The van der Waals surface area contributed by atoms with Gasteiger partial charge in [-0.25, -0.2) is 0 Å². The van der Waals surface area contributed by atoms with Gasteiger partial charge in [-0.3, -0.25) is 4.79 Å². The molecule has 35 unspecified atom stereocenters. The van der Waals surface area contributed by atoms with Gasteiger partial charge in [-0.2, -0.15) is 0 Å². The number of carbonyl (C=O) groups is 1. The SMILES string of the molecule is CC1OC(OC2C(O)C(C)OC(OC(=O)C34CCC(C)(C)CC3C3=CCC5C6(C)CC(O)C(OC7OC(CO)C(O)C(O)C7O)C(C)(CO)C6CCC5(C)C3(C)CC4O)C2O)C(OC2OC(C)C(OC3OCC(O)C(O)C3O)C(O)C2O)C(O)C1O. The Bertz CT molecular complexity index is 2420. The third-order valence-electron chi connectivity index (χ3n) is 23.1. The van der Waals surface area contributed by atoms with E-state index >= 15 is 4.79 Å². The summed E-state index contributed by atoms with van der Waals surface area (Å²) < 4.78 is 59.5. The van der Waals surface area contributed by atoms with Crippen LogP contribution in [0.15, 0.2) is 11.6 Å². The lowest BCUT2D eigenvalue weighted by molar-refractivity contribution is -0.389. The summed E-state index contributed by atoms with van der Waals surface area (Å²) in [6, 6.07) is 0. The van der Waals surface area contributed by atoms with E-state index < -0.39 is 225 Å². The fourth-order valence-electron chi connectivity index (χ4n) is 17.8. The van der Waals surface area contributed by atoms with Gasteiger partial charge in [0.05, 0.1) is 56.4 Å². The van der Waals surface area contributed by atoms with Crippen LogP contribution in [0.3, 0.4) is 0 Å². The summed E-state index contributed by atoms with van der Waals surface area (Å²) in [5.41, 5.74) is -3.98. The highest BCUT2D eigenvalue weighted by atomic mass is 16.8. The molecule has 10 aliphatic rings. The fourth-order valence-corrected chi connectivity index (χ4v) is 17.8. The smallest absolute Gasteiger partial charge is 0.317 e. The maximum Gasteiger partial charge on any atom is 0.317 e. The van der Waals surface area contributed by atoms with E-state index in [2.05, 4.69) is 40.7 Å². The van der Waals surface area contributed by atoms with E-state index in [0.29, 0.717) is 32.1 Å². The highest BCUT2D eigenvalue weighted by Crippen LogP contribution is 2.76. The Hall–Kier alpha value is -1.79. The third kappa shape index (κ3) is 10.8. The summed E-state index contributed by atoms with van der Waals surface area (Å²) in [6.45, 7) is 15.3. The molecule has 0 amide bonds.